The van der Waals surface area contributed by atoms with Gasteiger partial charge in [0.2, 0.25) is 15.9 Å². The van der Waals surface area contributed by atoms with Crippen LogP contribution in [0.25, 0.3) is 10.2 Å². The van der Waals surface area contributed by atoms with Crippen LogP contribution in [0.1, 0.15) is 24.2 Å². The molecule has 0 N–H and O–H groups in total. The first-order valence-corrected chi connectivity index (χ1v) is 14.1. The first-order chi connectivity index (χ1) is 17.6. The zero-order valence-electron chi connectivity index (χ0n) is 19.7. The zero-order chi connectivity index (χ0) is 26.3. The molecule has 0 aliphatic carbocycles. The van der Waals surface area contributed by atoms with Crippen LogP contribution in [0.3, 0.4) is 0 Å². The quantitative estimate of drug-likeness (QED) is 0.297. The van der Waals surface area contributed by atoms with E-state index in [2.05, 4.69) is 0 Å². The summed E-state index contributed by atoms with van der Waals surface area (Å²) in [4.78, 5) is 19.4. The molecule has 2 aromatic heterocycles. The Morgan fingerprint density at radius 3 is 2.65 bits per heavy atom. The Bertz CT molecular complexity index is 1570. The first kappa shape index (κ1) is 25.8. The van der Waals surface area contributed by atoms with E-state index < -0.39 is 32.5 Å². The third kappa shape index (κ3) is 5.13. The molecule has 0 bridgehead atoms. The lowest BCUT2D eigenvalue weighted by Crippen LogP contribution is -2.44. The number of furan rings is 1. The lowest BCUT2D eigenvalue weighted by Gasteiger charge is -2.32. The van der Waals surface area contributed by atoms with E-state index in [0.717, 1.165) is 32.2 Å². The number of aromatic nitrogens is 1. The van der Waals surface area contributed by atoms with Gasteiger partial charge in [-0.3, -0.25) is 9.69 Å². The summed E-state index contributed by atoms with van der Waals surface area (Å²) in [7, 11) is -4.17. The zero-order valence-corrected chi connectivity index (χ0v) is 22.0. The van der Waals surface area contributed by atoms with Crippen LogP contribution in [0, 0.1) is 24.5 Å². The molecule has 0 radical (unpaired) electrons. The average molecular weight is 566 g/mol. The third-order valence-electron chi connectivity index (χ3n) is 6.34. The fourth-order valence-corrected chi connectivity index (χ4v) is 7.38. The topological polar surface area (TPSA) is 83.7 Å². The summed E-state index contributed by atoms with van der Waals surface area (Å²) in [6.07, 6.45) is 2.01. The van der Waals surface area contributed by atoms with Gasteiger partial charge in [-0.1, -0.05) is 22.9 Å². The van der Waals surface area contributed by atoms with Crippen LogP contribution in [0.4, 0.5) is 13.9 Å². The van der Waals surface area contributed by atoms with E-state index in [9.17, 15) is 22.0 Å². The number of hydrogen-bond donors (Lipinski definition) is 0. The number of fused-ring (bicyclic) bond motifs is 1. The van der Waals surface area contributed by atoms with Gasteiger partial charge in [-0.05, 0) is 61.7 Å². The number of benzene rings is 2. The molecule has 1 fully saturated rings. The molecule has 0 saturated carbocycles. The lowest BCUT2D eigenvalue weighted by molar-refractivity contribution is -0.123. The highest BCUT2D eigenvalue weighted by atomic mass is 35.5. The van der Waals surface area contributed by atoms with E-state index in [0.29, 0.717) is 22.0 Å². The highest BCUT2D eigenvalue weighted by Gasteiger charge is 2.36. The number of rotatable bonds is 6. The summed E-state index contributed by atoms with van der Waals surface area (Å²) >= 11 is 7.55. The van der Waals surface area contributed by atoms with Crippen molar-refractivity contribution in [1.29, 1.82) is 0 Å². The van der Waals surface area contributed by atoms with Gasteiger partial charge in [-0.15, -0.1) is 0 Å². The van der Waals surface area contributed by atoms with E-state index in [4.69, 9.17) is 21.0 Å². The maximum absolute atomic E-state index is 14.2. The molecule has 4 aromatic rings. The number of halogens is 3. The fraction of sp³-hybridized carbons (Fsp3) is 0.280. The van der Waals surface area contributed by atoms with E-state index in [1.807, 2.05) is 13.0 Å². The molecule has 1 amide bonds. The Morgan fingerprint density at radius 2 is 1.97 bits per heavy atom. The number of carbonyl (C=O) groups is 1. The van der Waals surface area contributed by atoms with Crippen molar-refractivity contribution in [3.05, 3.63) is 76.7 Å². The molecule has 37 heavy (non-hydrogen) atoms. The summed E-state index contributed by atoms with van der Waals surface area (Å²) in [5.74, 6) is -2.10. The molecule has 0 spiro atoms. The van der Waals surface area contributed by atoms with Gasteiger partial charge >= 0.3 is 0 Å². The van der Waals surface area contributed by atoms with Crippen LogP contribution in [0.5, 0.6) is 0 Å². The summed E-state index contributed by atoms with van der Waals surface area (Å²) in [5, 5.41) is 1.07. The monoisotopic (exact) mass is 565 g/mol. The molecular weight excluding hydrogens is 544 g/mol. The van der Waals surface area contributed by atoms with Crippen molar-refractivity contribution in [1.82, 2.24) is 9.29 Å². The minimum atomic E-state index is -4.17. The molecule has 0 atom stereocenters. The van der Waals surface area contributed by atoms with Crippen molar-refractivity contribution in [2.45, 2.75) is 31.2 Å². The number of anilines is 1. The minimum Gasteiger partial charge on any atom is -0.467 e. The highest BCUT2D eigenvalue weighted by Crippen LogP contribution is 2.35. The number of thiazole rings is 1. The summed E-state index contributed by atoms with van der Waals surface area (Å²) in [6, 6.07) is 9.49. The van der Waals surface area contributed by atoms with Gasteiger partial charge < -0.3 is 4.42 Å². The summed E-state index contributed by atoms with van der Waals surface area (Å²) < 4.78 is 60.8. The van der Waals surface area contributed by atoms with E-state index in [1.54, 1.807) is 23.1 Å². The van der Waals surface area contributed by atoms with Crippen LogP contribution >= 0.6 is 22.9 Å². The predicted octanol–water partition coefficient (Wildman–Crippen LogP) is 5.76. The van der Waals surface area contributed by atoms with Crippen molar-refractivity contribution < 1.29 is 26.4 Å². The lowest BCUT2D eigenvalue weighted by atomic mass is 9.96. The molecule has 3 heterocycles. The first-order valence-electron chi connectivity index (χ1n) is 11.5. The Morgan fingerprint density at radius 1 is 1.22 bits per heavy atom. The number of carbonyl (C=O) groups excluding carboxylic acids is 1. The summed E-state index contributed by atoms with van der Waals surface area (Å²) in [6.45, 7) is 2.12. The van der Waals surface area contributed by atoms with E-state index in [-0.39, 0.29) is 38.4 Å². The summed E-state index contributed by atoms with van der Waals surface area (Å²) in [5.41, 5.74) is 1.64. The molecule has 1 aliphatic rings. The Hall–Kier alpha value is -2.86. The number of hydrogen-bond acceptors (Lipinski definition) is 6. The number of amides is 1. The number of aryl methyl sites for hydroxylation is 1. The van der Waals surface area contributed by atoms with Crippen LogP contribution in [-0.2, 0) is 21.4 Å². The number of piperidine rings is 1. The van der Waals surface area contributed by atoms with Crippen LogP contribution in [-0.4, -0.2) is 36.7 Å². The van der Waals surface area contributed by atoms with E-state index in [1.165, 1.54) is 17.6 Å². The minimum absolute atomic E-state index is 0.0265. The van der Waals surface area contributed by atoms with Crippen molar-refractivity contribution in [3.63, 3.8) is 0 Å². The van der Waals surface area contributed by atoms with Gasteiger partial charge in [0.05, 0.1) is 23.0 Å². The average Bonchev–Trinajstić information content (AvgIpc) is 3.52. The molecule has 1 aliphatic heterocycles. The maximum atomic E-state index is 14.2. The third-order valence-corrected chi connectivity index (χ3v) is 9.52. The SMILES string of the molecule is Cc1cc(Cl)cc2sc(N(Cc3ccco3)C(=O)C3CCN(S(=O)(=O)c4ccc(F)cc4F)CC3)nc12. The fourth-order valence-electron chi connectivity index (χ4n) is 4.44. The van der Waals surface area contributed by atoms with Gasteiger partial charge in [-0.25, -0.2) is 22.2 Å². The van der Waals surface area contributed by atoms with Gasteiger partial charge in [0.1, 0.15) is 22.3 Å². The molecule has 194 valence electrons. The number of sulfonamides is 1. The van der Waals surface area contributed by atoms with Crippen LogP contribution in [0.2, 0.25) is 5.02 Å². The van der Waals surface area contributed by atoms with Gasteiger partial charge in [0.15, 0.2) is 5.13 Å². The van der Waals surface area contributed by atoms with Crippen LogP contribution < -0.4 is 4.90 Å². The highest BCUT2D eigenvalue weighted by molar-refractivity contribution is 7.89. The second-order valence-electron chi connectivity index (χ2n) is 8.82. The molecule has 7 nitrogen and oxygen atoms in total. The molecular formula is C25H22ClF2N3O4S2. The second kappa shape index (κ2) is 10.1. The molecule has 2 aromatic carbocycles. The Labute approximate surface area is 221 Å². The normalized spacial score (nSPS) is 15.4. The van der Waals surface area contributed by atoms with Crippen molar-refractivity contribution in [3.8, 4) is 0 Å². The molecule has 12 heteroatoms. The van der Waals surface area contributed by atoms with Crippen molar-refractivity contribution >= 4 is 54.2 Å². The Balaban J connectivity index is 1.38. The molecule has 0 unspecified atom stereocenters. The number of nitrogens with zero attached hydrogens (tertiary/aromatic N) is 3. The predicted molar refractivity (Wildman–Crippen MR) is 137 cm³/mol. The van der Waals surface area contributed by atoms with E-state index >= 15 is 0 Å². The smallest absolute Gasteiger partial charge is 0.245 e. The van der Waals surface area contributed by atoms with Crippen molar-refractivity contribution in [2.24, 2.45) is 5.92 Å². The maximum Gasteiger partial charge on any atom is 0.245 e. The second-order valence-corrected chi connectivity index (χ2v) is 12.2. The molecule has 1 saturated heterocycles. The van der Waals surface area contributed by atoms with Gasteiger partial charge in [-0.2, -0.15) is 4.31 Å². The standard InChI is InChI=1S/C25H22ClF2N3O4S2/c1-15-11-17(26)12-21-23(15)29-25(36-21)31(14-19-3-2-10-35-19)24(32)16-6-8-30(9-7-16)37(33,34)22-5-4-18(27)13-20(22)28/h2-5,10-13,16H,6-9,14H2,1H3. The largest absolute Gasteiger partial charge is 0.467 e. The molecule has 5 rings (SSSR count). The van der Waals surface area contributed by atoms with Crippen molar-refractivity contribution in [2.75, 3.05) is 18.0 Å². The Kier molecular flexibility index (Phi) is 7.06. The van der Waals surface area contributed by atoms with Crippen LogP contribution in [0.15, 0.2) is 58.0 Å². The van der Waals surface area contributed by atoms with Gasteiger partial charge in [0, 0.05) is 30.1 Å². The van der Waals surface area contributed by atoms with Gasteiger partial charge in [0.25, 0.3) is 0 Å².